The molecule has 4 rings (SSSR count). The molecule has 1 heterocycles. The number of nitrogens with zero attached hydrogens (tertiary/aromatic N) is 1. The van der Waals surface area contributed by atoms with E-state index in [0.717, 1.165) is 24.2 Å². The molecule has 4 N–H and O–H groups in total. The van der Waals surface area contributed by atoms with Crippen molar-refractivity contribution in [3.8, 4) is 0 Å². The highest BCUT2D eigenvalue weighted by Gasteiger charge is 2.38. The highest BCUT2D eigenvalue weighted by Crippen LogP contribution is 2.30. The molecule has 3 aromatic carbocycles. The standard InChI is InChI=1S/C26H29FN4O3S.C2HF3O2/c1-18-7-9-22(15-19(18)2)35(33,34)30-24-16-20(8-10-25(24)31-13-11-28-12-14-31)26(32)29-17-21-5-3-4-6-23(21)27;3-2(4,5)1(6)7/h3-10,15-16,28,30H,11-14,17H2,1-2H3,(H,29,32);(H,6,7). The Balaban J connectivity index is 0.000000616. The van der Waals surface area contributed by atoms with Crippen molar-refractivity contribution in [2.24, 2.45) is 0 Å². The second kappa shape index (κ2) is 13.7. The van der Waals surface area contributed by atoms with E-state index in [9.17, 15) is 30.8 Å². The highest BCUT2D eigenvalue weighted by atomic mass is 32.2. The molecule has 1 aliphatic rings. The summed E-state index contributed by atoms with van der Waals surface area (Å²) in [5.41, 5.74) is 3.54. The van der Waals surface area contributed by atoms with E-state index in [2.05, 4.69) is 20.3 Å². The first-order valence-electron chi connectivity index (χ1n) is 12.7. The SMILES string of the molecule is Cc1ccc(S(=O)(=O)Nc2cc(C(=O)NCc3ccccc3F)ccc2N2CCNCC2)cc1C.O=C(O)C(F)(F)F. The van der Waals surface area contributed by atoms with Gasteiger partial charge in [0, 0.05) is 43.9 Å². The smallest absolute Gasteiger partial charge is 0.475 e. The Morgan fingerprint density at radius 3 is 2.21 bits per heavy atom. The van der Waals surface area contributed by atoms with Gasteiger partial charge in [-0.05, 0) is 61.4 Å². The lowest BCUT2D eigenvalue weighted by atomic mass is 10.1. The van der Waals surface area contributed by atoms with Crippen molar-refractivity contribution in [3.05, 3.63) is 88.7 Å². The number of halogens is 4. The monoisotopic (exact) mass is 610 g/mol. The van der Waals surface area contributed by atoms with Crippen LogP contribution in [0.15, 0.2) is 65.6 Å². The molecule has 0 bridgehead atoms. The Morgan fingerprint density at radius 1 is 0.976 bits per heavy atom. The van der Waals surface area contributed by atoms with Crippen molar-refractivity contribution < 1.29 is 40.7 Å². The molecule has 0 unspecified atom stereocenters. The number of sulfonamides is 1. The predicted molar refractivity (Wildman–Crippen MR) is 150 cm³/mol. The molecule has 3 aromatic rings. The Morgan fingerprint density at radius 2 is 1.62 bits per heavy atom. The van der Waals surface area contributed by atoms with Gasteiger partial charge in [0.2, 0.25) is 0 Å². The van der Waals surface area contributed by atoms with Crippen molar-refractivity contribution in [2.45, 2.75) is 31.5 Å². The van der Waals surface area contributed by atoms with Gasteiger partial charge in [0.05, 0.1) is 16.3 Å². The number of carbonyl (C=O) groups is 2. The Hall–Kier alpha value is -4.17. The van der Waals surface area contributed by atoms with Gasteiger partial charge < -0.3 is 20.6 Å². The Kier molecular flexibility index (Phi) is 10.5. The second-order valence-electron chi connectivity index (χ2n) is 9.40. The first kappa shape index (κ1) is 32.3. The number of anilines is 2. The molecule has 1 fully saturated rings. The number of carboxylic acids is 1. The zero-order valence-electron chi connectivity index (χ0n) is 22.8. The van der Waals surface area contributed by atoms with Crippen LogP contribution >= 0.6 is 0 Å². The number of carboxylic acid groups (broad SMARTS) is 1. The maximum atomic E-state index is 13.9. The van der Waals surface area contributed by atoms with Gasteiger partial charge in [0.15, 0.2) is 0 Å². The van der Waals surface area contributed by atoms with Crippen LogP contribution < -0.4 is 20.3 Å². The topological polar surface area (TPSA) is 128 Å². The van der Waals surface area contributed by atoms with E-state index in [1.165, 1.54) is 12.1 Å². The van der Waals surface area contributed by atoms with Gasteiger partial charge in [0.25, 0.3) is 15.9 Å². The van der Waals surface area contributed by atoms with Crippen LogP contribution in [0.25, 0.3) is 0 Å². The number of hydrogen-bond donors (Lipinski definition) is 4. The van der Waals surface area contributed by atoms with E-state index in [1.807, 2.05) is 13.8 Å². The zero-order chi connectivity index (χ0) is 31.1. The molecule has 0 aromatic heterocycles. The van der Waals surface area contributed by atoms with Crippen LogP contribution in [0, 0.1) is 19.7 Å². The largest absolute Gasteiger partial charge is 0.490 e. The van der Waals surface area contributed by atoms with Crippen LogP contribution in [0.4, 0.5) is 28.9 Å². The molecular weight excluding hydrogens is 580 g/mol. The van der Waals surface area contributed by atoms with Gasteiger partial charge >= 0.3 is 12.1 Å². The van der Waals surface area contributed by atoms with E-state index in [1.54, 1.807) is 48.5 Å². The maximum absolute atomic E-state index is 13.9. The summed E-state index contributed by atoms with van der Waals surface area (Å²) in [5, 5.41) is 13.1. The number of nitrogens with one attached hydrogen (secondary N) is 3. The summed E-state index contributed by atoms with van der Waals surface area (Å²) in [4.78, 5) is 24.0. The molecule has 1 saturated heterocycles. The number of benzene rings is 3. The van der Waals surface area contributed by atoms with Crippen molar-refractivity contribution >= 4 is 33.3 Å². The van der Waals surface area contributed by atoms with Crippen LogP contribution in [0.3, 0.4) is 0 Å². The Labute approximate surface area is 240 Å². The number of hydrogen-bond acceptors (Lipinski definition) is 6. The lowest BCUT2D eigenvalue weighted by Gasteiger charge is -2.31. The number of rotatable bonds is 7. The normalized spacial score (nSPS) is 13.5. The first-order valence-corrected chi connectivity index (χ1v) is 14.2. The number of aliphatic carboxylic acids is 1. The van der Waals surface area contributed by atoms with Crippen molar-refractivity contribution in [2.75, 3.05) is 35.8 Å². The van der Waals surface area contributed by atoms with Gasteiger partial charge in [-0.2, -0.15) is 13.2 Å². The molecule has 226 valence electrons. The molecule has 42 heavy (non-hydrogen) atoms. The third-order valence-corrected chi connectivity index (χ3v) is 7.75. The highest BCUT2D eigenvalue weighted by molar-refractivity contribution is 7.92. The lowest BCUT2D eigenvalue weighted by Crippen LogP contribution is -2.43. The molecule has 9 nitrogen and oxygen atoms in total. The zero-order valence-corrected chi connectivity index (χ0v) is 23.6. The summed E-state index contributed by atoms with van der Waals surface area (Å²) >= 11 is 0. The number of aryl methyl sites for hydroxylation is 2. The summed E-state index contributed by atoms with van der Waals surface area (Å²) in [6, 6.07) is 16.1. The van der Waals surface area contributed by atoms with Gasteiger partial charge in [0.1, 0.15) is 5.82 Å². The molecule has 14 heteroatoms. The minimum absolute atomic E-state index is 0.0226. The molecule has 1 amide bonds. The minimum atomic E-state index is -5.08. The van der Waals surface area contributed by atoms with Crippen LogP contribution in [0.2, 0.25) is 0 Å². The fraction of sp³-hybridized carbons (Fsp3) is 0.286. The third kappa shape index (κ3) is 8.66. The number of amides is 1. The van der Waals surface area contributed by atoms with Crippen molar-refractivity contribution in [1.29, 1.82) is 0 Å². The summed E-state index contributed by atoms with van der Waals surface area (Å²) < 4.78 is 74.8. The fourth-order valence-corrected chi connectivity index (χ4v) is 5.09. The van der Waals surface area contributed by atoms with E-state index in [4.69, 9.17) is 9.90 Å². The van der Waals surface area contributed by atoms with E-state index in [0.29, 0.717) is 30.0 Å². The van der Waals surface area contributed by atoms with E-state index >= 15 is 0 Å². The minimum Gasteiger partial charge on any atom is -0.475 e. The number of piperazine rings is 1. The summed E-state index contributed by atoms with van der Waals surface area (Å²) in [6.07, 6.45) is -5.08. The molecule has 1 aliphatic heterocycles. The summed E-state index contributed by atoms with van der Waals surface area (Å²) in [6.45, 7) is 6.76. The van der Waals surface area contributed by atoms with Crippen molar-refractivity contribution in [3.63, 3.8) is 0 Å². The van der Waals surface area contributed by atoms with E-state index < -0.39 is 33.9 Å². The van der Waals surface area contributed by atoms with Crippen molar-refractivity contribution in [1.82, 2.24) is 10.6 Å². The fourth-order valence-electron chi connectivity index (χ4n) is 3.94. The second-order valence-corrected chi connectivity index (χ2v) is 11.1. The predicted octanol–water partition coefficient (Wildman–Crippen LogP) is 4.22. The quantitative estimate of drug-likeness (QED) is 0.295. The summed E-state index contributed by atoms with van der Waals surface area (Å²) in [7, 11) is -3.89. The van der Waals surface area contributed by atoms with Gasteiger partial charge in [-0.3, -0.25) is 9.52 Å². The molecule has 0 spiro atoms. The molecule has 0 atom stereocenters. The average molecular weight is 611 g/mol. The number of alkyl halides is 3. The molecule has 0 aliphatic carbocycles. The lowest BCUT2D eigenvalue weighted by molar-refractivity contribution is -0.192. The van der Waals surface area contributed by atoms with E-state index in [-0.39, 0.29) is 17.0 Å². The van der Waals surface area contributed by atoms with Crippen LogP contribution in [-0.2, 0) is 21.4 Å². The van der Waals surface area contributed by atoms with Gasteiger partial charge in [-0.25, -0.2) is 17.6 Å². The maximum Gasteiger partial charge on any atom is 0.490 e. The average Bonchev–Trinajstić information content (AvgIpc) is 2.94. The molecule has 0 saturated carbocycles. The van der Waals surface area contributed by atoms with Crippen LogP contribution in [0.5, 0.6) is 0 Å². The number of carbonyl (C=O) groups excluding carboxylic acids is 1. The van der Waals surface area contributed by atoms with Crippen LogP contribution in [-0.4, -0.2) is 57.8 Å². The molecular formula is C28H30F4N4O5S. The molecule has 0 radical (unpaired) electrons. The first-order chi connectivity index (χ1) is 19.7. The van der Waals surface area contributed by atoms with Gasteiger partial charge in [-0.15, -0.1) is 0 Å². The third-order valence-electron chi connectivity index (χ3n) is 6.39. The van der Waals surface area contributed by atoms with Crippen LogP contribution in [0.1, 0.15) is 27.0 Å². The summed E-state index contributed by atoms with van der Waals surface area (Å²) in [5.74, 6) is -3.58. The Bertz CT molecular complexity index is 1540. The van der Waals surface area contributed by atoms with Gasteiger partial charge in [-0.1, -0.05) is 24.3 Å².